The SMILES string of the molecule is CN(CC(C)(O)C(C)(C)N)C(=O)c1ccc(F)c(F)c1Nc1ccc(I)cc1F. The molecule has 0 spiro atoms. The number of hydrogen-bond acceptors (Lipinski definition) is 4. The van der Waals surface area contributed by atoms with Crippen LogP contribution >= 0.6 is 22.6 Å². The van der Waals surface area contributed by atoms with Gasteiger partial charge in [0, 0.05) is 16.2 Å². The lowest BCUT2D eigenvalue weighted by molar-refractivity contribution is -0.0242. The molecule has 0 saturated heterocycles. The van der Waals surface area contributed by atoms with Crippen molar-refractivity contribution >= 4 is 39.9 Å². The van der Waals surface area contributed by atoms with Gasteiger partial charge in [0.05, 0.1) is 29.1 Å². The van der Waals surface area contributed by atoms with Gasteiger partial charge >= 0.3 is 0 Å². The number of aliphatic hydroxyl groups is 1. The molecule has 1 atom stereocenters. The molecule has 4 N–H and O–H groups in total. The lowest BCUT2D eigenvalue weighted by Gasteiger charge is -2.39. The summed E-state index contributed by atoms with van der Waals surface area (Å²) in [5.41, 5.74) is 2.66. The van der Waals surface area contributed by atoms with E-state index in [0.29, 0.717) is 3.57 Å². The van der Waals surface area contributed by atoms with Gasteiger partial charge in [-0.25, -0.2) is 13.2 Å². The molecule has 158 valence electrons. The van der Waals surface area contributed by atoms with E-state index in [2.05, 4.69) is 5.32 Å². The van der Waals surface area contributed by atoms with Crippen molar-refractivity contribution in [3.05, 3.63) is 56.9 Å². The Morgan fingerprint density at radius 2 is 1.79 bits per heavy atom. The van der Waals surface area contributed by atoms with Crippen LogP contribution in [0.25, 0.3) is 0 Å². The summed E-state index contributed by atoms with van der Waals surface area (Å²) in [6, 6.07) is 6.08. The van der Waals surface area contributed by atoms with Crippen LogP contribution in [0, 0.1) is 21.0 Å². The third-order valence-electron chi connectivity index (χ3n) is 4.80. The normalized spacial score (nSPS) is 13.7. The molecule has 2 aromatic carbocycles. The average Bonchev–Trinajstić information content (AvgIpc) is 2.59. The number of benzene rings is 2. The molecule has 9 heteroatoms. The summed E-state index contributed by atoms with van der Waals surface area (Å²) in [4.78, 5) is 14.1. The lowest BCUT2D eigenvalue weighted by atomic mass is 9.85. The number of likely N-dealkylation sites (N-methyl/N-ethyl adjacent to an activating group) is 1. The van der Waals surface area contributed by atoms with Crippen LogP contribution in [0.3, 0.4) is 0 Å². The molecule has 2 rings (SSSR count). The van der Waals surface area contributed by atoms with Crippen LogP contribution in [-0.2, 0) is 0 Å². The fourth-order valence-corrected chi connectivity index (χ4v) is 2.97. The van der Waals surface area contributed by atoms with Crippen LogP contribution in [0.4, 0.5) is 24.5 Å². The first-order valence-electron chi connectivity index (χ1n) is 8.71. The van der Waals surface area contributed by atoms with Gasteiger partial charge in [-0.15, -0.1) is 0 Å². The summed E-state index contributed by atoms with van der Waals surface area (Å²) in [6.07, 6.45) is 0. The summed E-state index contributed by atoms with van der Waals surface area (Å²) in [5.74, 6) is -3.87. The van der Waals surface area contributed by atoms with E-state index >= 15 is 0 Å². The zero-order valence-electron chi connectivity index (χ0n) is 16.5. The smallest absolute Gasteiger partial charge is 0.255 e. The fraction of sp³-hybridized carbons (Fsp3) is 0.350. The van der Waals surface area contributed by atoms with E-state index in [0.717, 1.165) is 17.0 Å². The molecular weight excluding hydrogens is 498 g/mol. The molecule has 1 unspecified atom stereocenters. The van der Waals surface area contributed by atoms with Gasteiger partial charge in [0.15, 0.2) is 11.6 Å². The Kier molecular flexibility index (Phi) is 6.86. The van der Waals surface area contributed by atoms with Gasteiger partial charge in [0.2, 0.25) is 0 Å². The maximum Gasteiger partial charge on any atom is 0.255 e. The third kappa shape index (κ3) is 5.20. The predicted molar refractivity (Wildman–Crippen MR) is 115 cm³/mol. The molecule has 0 aliphatic heterocycles. The van der Waals surface area contributed by atoms with Crippen LogP contribution in [0.5, 0.6) is 0 Å². The van der Waals surface area contributed by atoms with Gasteiger partial charge < -0.3 is 21.1 Å². The molecule has 0 aromatic heterocycles. The topological polar surface area (TPSA) is 78.6 Å². The first-order chi connectivity index (χ1) is 13.2. The molecule has 0 heterocycles. The summed E-state index contributed by atoms with van der Waals surface area (Å²) >= 11 is 1.91. The number of amides is 1. The van der Waals surface area contributed by atoms with Gasteiger partial charge in [-0.2, -0.15) is 0 Å². The molecule has 0 bridgehead atoms. The van der Waals surface area contributed by atoms with Crippen molar-refractivity contribution in [2.24, 2.45) is 5.73 Å². The fourth-order valence-electron chi connectivity index (χ4n) is 2.52. The molecule has 0 saturated carbocycles. The molecule has 0 aliphatic carbocycles. The number of nitrogens with zero attached hydrogens (tertiary/aromatic N) is 1. The highest BCUT2D eigenvalue weighted by Gasteiger charge is 2.38. The van der Waals surface area contributed by atoms with Crippen molar-refractivity contribution in [1.29, 1.82) is 0 Å². The van der Waals surface area contributed by atoms with Crippen LogP contribution in [0.1, 0.15) is 31.1 Å². The number of halogens is 4. The van der Waals surface area contributed by atoms with Crippen molar-refractivity contribution in [2.45, 2.75) is 31.9 Å². The quantitative estimate of drug-likeness (QED) is 0.503. The van der Waals surface area contributed by atoms with Gasteiger partial charge in [0.25, 0.3) is 5.91 Å². The standard InChI is InChI=1S/C20H23F3IN3O2/c1-19(2,25)20(3,29)10-27(4)18(28)12-6-7-13(21)16(23)17(12)26-15-8-5-11(24)9-14(15)22/h5-9,26,29H,10,25H2,1-4H3. The molecule has 0 fully saturated rings. The molecule has 0 aliphatic rings. The van der Waals surface area contributed by atoms with Crippen LogP contribution in [0.2, 0.25) is 0 Å². The molecule has 1 amide bonds. The molecular formula is C20H23F3IN3O2. The summed E-state index contributed by atoms with van der Waals surface area (Å²) in [7, 11) is 1.40. The second-order valence-corrected chi connectivity index (χ2v) is 8.94. The largest absolute Gasteiger partial charge is 0.386 e. The van der Waals surface area contributed by atoms with E-state index in [-0.39, 0.29) is 17.8 Å². The van der Waals surface area contributed by atoms with E-state index in [9.17, 15) is 23.1 Å². The minimum atomic E-state index is -1.45. The molecule has 0 radical (unpaired) electrons. The summed E-state index contributed by atoms with van der Waals surface area (Å²) < 4.78 is 43.1. The highest BCUT2D eigenvalue weighted by molar-refractivity contribution is 14.1. The zero-order chi connectivity index (χ0) is 22.1. The van der Waals surface area contributed by atoms with Crippen LogP contribution < -0.4 is 11.1 Å². The van der Waals surface area contributed by atoms with Crippen LogP contribution in [-0.4, -0.2) is 40.6 Å². The van der Waals surface area contributed by atoms with Crippen molar-refractivity contribution in [1.82, 2.24) is 4.90 Å². The number of rotatable bonds is 6. The van der Waals surface area contributed by atoms with Gasteiger partial charge in [-0.05, 0) is 73.7 Å². The van der Waals surface area contributed by atoms with Crippen molar-refractivity contribution < 1.29 is 23.1 Å². The Morgan fingerprint density at radius 3 is 2.34 bits per heavy atom. The first kappa shape index (κ1) is 23.4. The molecule has 5 nitrogen and oxygen atoms in total. The monoisotopic (exact) mass is 521 g/mol. The maximum atomic E-state index is 14.5. The van der Waals surface area contributed by atoms with E-state index in [4.69, 9.17) is 5.73 Å². The first-order valence-corrected chi connectivity index (χ1v) is 9.79. The van der Waals surface area contributed by atoms with Gasteiger partial charge in [-0.3, -0.25) is 4.79 Å². The Bertz CT molecular complexity index is 930. The van der Waals surface area contributed by atoms with Gasteiger partial charge in [0.1, 0.15) is 5.82 Å². The van der Waals surface area contributed by atoms with Crippen LogP contribution in [0.15, 0.2) is 30.3 Å². The molecule has 29 heavy (non-hydrogen) atoms. The second kappa shape index (κ2) is 8.49. The number of carbonyl (C=O) groups excluding carboxylic acids is 1. The minimum Gasteiger partial charge on any atom is -0.386 e. The molecule has 2 aromatic rings. The van der Waals surface area contributed by atoms with Crippen molar-refractivity contribution in [3.8, 4) is 0 Å². The number of nitrogens with one attached hydrogen (secondary N) is 1. The van der Waals surface area contributed by atoms with Gasteiger partial charge in [-0.1, -0.05) is 0 Å². The number of nitrogens with two attached hydrogens (primary N) is 1. The number of hydrogen-bond donors (Lipinski definition) is 3. The third-order valence-corrected chi connectivity index (χ3v) is 5.47. The van der Waals surface area contributed by atoms with Crippen molar-refractivity contribution in [2.75, 3.05) is 18.9 Å². The summed E-state index contributed by atoms with van der Waals surface area (Å²) in [6.45, 7) is 4.53. The van der Waals surface area contributed by atoms with E-state index in [1.807, 2.05) is 22.6 Å². The lowest BCUT2D eigenvalue weighted by Crippen LogP contribution is -2.60. The number of anilines is 2. The minimum absolute atomic E-state index is 0.110. The highest BCUT2D eigenvalue weighted by atomic mass is 127. The number of carbonyl (C=O) groups is 1. The Morgan fingerprint density at radius 1 is 1.17 bits per heavy atom. The Hall–Kier alpha value is -1.85. The van der Waals surface area contributed by atoms with Crippen molar-refractivity contribution in [3.63, 3.8) is 0 Å². The Labute approximate surface area is 181 Å². The van der Waals surface area contributed by atoms with E-state index < -0.39 is 40.2 Å². The Balaban J connectivity index is 2.42. The highest BCUT2D eigenvalue weighted by Crippen LogP contribution is 2.30. The predicted octanol–water partition coefficient (Wildman–Crippen LogP) is 4.01. The van der Waals surface area contributed by atoms with E-state index in [1.165, 1.54) is 26.1 Å². The maximum absolute atomic E-state index is 14.5. The average molecular weight is 521 g/mol. The zero-order valence-corrected chi connectivity index (χ0v) is 18.6. The van der Waals surface area contributed by atoms with E-state index in [1.54, 1.807) is 19.9 Å². The summed E-state index contributed by atoms with van der Waals surface area (Å²) in [5, 5.41) is 13.0. The second-order valence-electron chi connectivity index (χ2n) is 7.69.